The molecule has 3 heterocycles. The van der Waals surface area contributed by atoms with Gasteiger partial charge in [0.2, 0.25) is 10.0 Å². The summed E-state index contributed by atoms with van der Waals surface area (Å²) in [6, 6.07) is 1.74. The molecule has 2 aliphatic rings. The number of hydrogen-bond acceptors (Lipinski definition) is 4. The third-order valence-electron chi connectivity index (χ3n) is 5.19. The zero-order valence-electron chi connectivity index (χ0n) is 13.5. The summed E-state index contributed by atoms with van der Waals surface area (Å²) in [5, 5.41) is 0. The van der Waals surface area contributed by atoms with E-state index in [0.717, 1.165) is 32.4 Å². The number of nitrogens with zero attached hydrogens (tertiary/aromatic N) is 3. The number of likely N-dealkylation sites (tertiary alicyclic amines) is 1. The molecule has 0 bridgehead atoms. The van der Waals surface area contributed by atoms with E-state index >= 15 is 0 Å². The van der Waals surface area contributed by atoms with E-state index in [1.54, 1.807) is 16.6 Å². The lowest BCUT2D eigenvalue weighted by molar-refractivity contribution is 0.201. The van der Waals surface area contributed by atoms with Crippen molar-refractivity contribution in [2.45, 2.75) is 25.8 Å². The summed E-state index contributed by atoms with van der Waals surface area (Å²) in [6.07, 6.45) is 7.19. The number of pyridine rings is 1. The van der Waals surface area contributed by atoms with Crippen molar-refractivity contribution in [1.29, 1.82) is 0 Å². The molecular weight excluding hydrogens is 317 g/mol. The molecule has 1 aromatic rings. The summed E-state index contributed by atoms with van der Waals surface area (Å²) in [5.41, 5.74) is 0.701. The van der Waals surface area contributed by atoms with Crippen LogP contribution < -0.4 is 0 Å². The van der Waals surface area contributed by atoms with Crippen molar-refractivity contribution in [3.8, 4) is 0 Å². The Bertz CT molecular complexity index is 644. The van der Waals surface area contributed by atoms with Crippen LogP contribution in [0.15, 0.2) is 18.5 Å². The highest BCUT2D eigenvalue weighted by Gasteiger charge is 2.33. The van der Waals surface area contributed by atoms with Gasteiger partial charge in [-0.1, -0.05) is 0 Å². The smallest absolute Gasteiger partial charge is 0.211 e. The van der Waals surface area contributed by atoms with Crippen LogP contribution in [0.1, 0.15) is 24.8 Å². The van der Waals surface area contributed by atoms with Gasteiger partial charge in [0.05, 0.1) is 12.5 Å². The highest BCUT2D eigenvalue weighted by atomic mass is 32.2. The SMILES string of the molecule is CS(=O)(=O)N1CCC(C2CCN(Cc3ccncc3F)C2)CC1. The number of aromatic nitrogens is 1. The van der Waals surface area contributed by atoms with Gasteiger partial charge in [-0.05, 0) is 43.7 Å². The molecule has 23 heavy (non-hydrogen) atoms. The third-order valence-corrected chi connectivity index (χ3v) is 6.50. The van der Waals surface area contributed by atoms with E-state index in [9.17, 15) is 12.8 Å². The maximum absolute atomic E-state index is 13.7. The summed E-state index contributed by atoms with van der Waals surface area (Å²) in [6.45, 7) is 3.87. The van der Waals surface area contributed by atoms with Crippen LogP contribution in [0.5, 0.6) is 0 Å². The summed E-state index contributed by atoms with van der Waals surface area (Å²) in [5.74, 6) is 0.944. The number of sulfonamides is 1. The molecule has 5 nitrogen and oxygen atoms in total. The minimum atomic E-state index is -3.05. The molecule has 0 spiro atoms. The Kier molecular flexibility index (Phi) is 4.98. The fourth-order valence-electron chi connectivity index (χ4n) is 3.84. The van der Waals surface area contributed by atoms with Crippen LogP contribution in [0.25, 0.3) is 0 Å². The Labute approximate surface area is 137 Å². The predicted molar refractivity (Wildman–Crippen MR) is 86.7 cm³/mol. The molecule has 1 aromatic heterocycles. The van der Waals surface area contributed by atoms with Crippen molar-refractivity contribution < 1.29 is 12.8 Å². The van der Waals surface area contributed by atoms with Crippen LogP contribution in [0.2, 0.25) is 0 Å². The Morgan fingerprint density at radius 3 is 2.57 bits per heavy atom. The lowest BCUT2D eigenvalue weighted by Gasteiger charge is -2.33. The van der Waals surface area contributed by atoms with Crippen LogP contribution in [0, 0.1) is 17.7 Å². The fraction of sp³-hybridized carbons (Fsp3) is 0.688. The van der Waals surface area contributed by atoms with Gasteiger partial charge in [-0.15, -0.1) is 0 Å². The molecule has 3 rings (SSSR count). The molecule has 1 atom stereocenters. The molecule has 2 aliphatic heterocycles. The average Bonchev–Trinajstić information content (AvgIpc) is 2.97. The van der Waals surface area contributed by atoms with Gasteiger partial charge in [0.1, 0.15) is 5.82 Å². The second-order valence-corrected chi connectivity index (χ2v) is 8.73. The maximum atomic E-state index is 13.7. The minimum absolute atomic E-state index is 0.239. The van der Waals surface area contributed by atoms with Crippen LogP contribution >= 0.6 is 0 Å². The lowest BCUT2D eigenvalue weighted by Crippen LogP contribution is -2.39. The van der Waals surface area contributed by atoms with Crippen molar-refractivity contribution in [3.63, 3.8) is 0 Å². The molecule has 128 valence electrons. The van der Waals surface area contributed by atoms with Crippen molar-refractivity contribution in [2.24, 2.45) is 11.8 Å². The largest absolute Gasteiger partial charge is 0.299 e. The fourth-order valence-corrected chi connectivity index (χ4v) is 4.72. The predicted octanol–water partition coefficient (Wildman–Crippen LogP) is 1.71. The highest BCUT2D eigenvalue weighted by Crippen LogP contribution is 2.33. The Hall–Kier alpha value is -1.05. The molecule has 2 saturated heterocycles. The lowest BCUT2D eigenvalue weighted by atomic mass is 9.84. The van der Waals surface area contributed by atoms with Gasteiger partial charge in [0.15, 0.2) is 0 Å². The quantitative estimate of drug-likeness (QED) is 0.837. The van der Waals surface area contributed by atoms with Crippen molar-refractivity contribution in [3.05, 3.63) is 29.8 Å². The van der Waals surface area contributed by atoms with E-state index in [1.807, 2.05) is 0 Å². The van der Waals surface area contributed by atoms with Crippen molar-refractivity contribution in [1.82, 2.24) is 14.2 Å². The zero-order valence-corrected chi connectivity index (χ0v) is 14.3. The minimum Gasteiger partial charge on any atom is -0.299 e. The average molecular weight is 341 g/mol. The summed E-state index contributed by atoms with van der Waals surface area (Å²) < 4.78 is 38.4. The molecule has 0 aromatic carbocycles. The van der Waals surface area contributed by atoms with Crippen LogP contribution in [-0.4, -0.2) is 55.0 Å². The first-order valence-electron chi connectivity index (χ1n) is 8.19. The van der Waals surface area contributed by atoms with Crippen LogP contribution in [-0.2, 0) is 16.6 Å². The Morgan fingerprint density at radius 2 is 1.91 bits per heavy atom. The maximum Gasteiger partial charge on any atom is 0.211 e. The molecule has 0 N–H and O–H groups in total. The zero-order chi connectivity index (χ0) is 16.4. The molecule has 0 aliphatic carbocycles. The monoisotopic (exact) mass is 341 g/mol. The molecule has 2 fully saturated rings. The number of piperidine rings is 1. The molecule has 0 saturated carbocycles. The van der Waals surface area contributed by atoms with E-state index in [2.05, 4.69) is 9.88 Å². The van der Waals surface area contributed by atoms with E-state index in [-0.39, 0.29) is 5.82 Å². The van der Waals surface area contributed by atoms with Gasteiger partial charge in [-0.2, -0.15) is 0 Å². The Morgan fingerprint density at radius 1 is 1.22 bits per heavy atom. The van der Waals surface area contributed by atoms with Crippen molar-refractivity contribution >= 4 is 10.0 Å². The Balaban J connectivity index is 1.52. The number of rotatable bonds is 4. The van der Waals surface area contributed by atoms with E-state index < -0.39 is 10.0 Å². The second kappa shape index (κ2) is 6.83. The summed E-state index contributed by atoms with van der Waals surface area (Å²) in [7, 11) is -3.05. The first-order valence-corrected chi connectivity index (χ1v) is 10.0. The summed E-state index contributed by atoms with van der Waals surface area (Å²) >= 11 is 0. The number of hydrogen-bond donors (Lipinski definition) is 0. The van der Waals surface area contributed by atoms with Crippen LogP contribution in [0.3, 0.4) is 0 Å². The van der Waals surface area contributed by atoms with Gasteiger partial charge in [-0.3, -0.25) is 9.88 Å². The topological polar surface area (TPSA) is 53.5 Å². The standard InChI is InChI=1S/C16H24FN3O2S/c1-23(21,22)20-8-4-13(5-9-20)14-3-7-19(11-14)12-15-2-6-18-10-16(15)17/h2,6,10,13-14H,3-5,7-9,11-12H2,1H3. The number of halogens is 1. The first-order chi connectivity index (χ1) is 10.9. The third kappa shape index (κ3) is 4.08. The van der Waals surface area contributed by atoms with Crippen LogP contribution in [0.4, 0.5) is 4.39 Å². The first kappa shape index (κ1) is 16.8. The molecular formula is C16H24FN3O2S. The van der Waals surface area contributed by atoms with Gasteiger partial charge < -0.3 is 0 Å². The molecule has 0 radical (unpaired) electrons. The van der Waals surface area contributed by atoms with Gasteiger partial charge in [0.25, 0.3) is 0 Å². The van der Waals surface area contributed by atoms with E-state index in [4.69, 9.17) is 0 Å². The van der Waals surface area contributed by atoms with E-state index in [1.165, 1.54) is 12.5 Å². The van der Waals surface area contributed by atoms with Crippen molar-refractivity contribution in [2.75, 3.05) is 32.4 Å². The van der Waals surface area contributed by atoms with E-state index in [0.29, 0.717) is 37.0 Å². The van der Waals surface area contributed by atoms with Gasteiger partial charge >= 0.3 is 0 Å². The second-order valence-electron chi connectivity index (χ2n) is 6.75. The molecule has 1 unspecified atom stereocenters. The summed E-state index contributed by atoms with van der Waals surface area (Å²) in [4.78, 5) is 6.09. The normalized spacial score (nSPS) is 25.0. The molecule has 7 heteroatoms. The van der Waals surface area contributed by atoms with Gasteiger partial charge in [0, 0.05) is 37.9 Å². The van der Waals surface area contributed by atoms with Gasteiger partial charge in [-0.25, -0.2) is 17.1 Å². The molecule has 0 amide bonds. The highest BCUT2D eigenvalue weighted by molar-refractivity contribution is 7.88.